The highest BCUT2D eigenvalue weighted by atomic mass is 16.3. The van der Waals surface area contributed by atoms with Crippen LogP contribution >= 0.6 is 0 Å². The van der Waals surface area contributed by atoms with Crippen molar-refractivity contribution in [3.8, 4) is 22.6 Å². The molecular formula is C22H30O2. The lowest BCUT2D eigenvalue weighted by atomic mass is 9.96. The van der Waals surface area contributed by atoms with Crippen molar-refractivity contribution in [2.45, 2.75) is 65.2 Å². The Balaban J connectivity index is 2.25. The molecule has 2 N–H and O–H groups in total. The van der Waals surface area contributed by atoms with Gasteiger partial charge in [0.05, 0.1) is 0 Å². The Morgan fingerprint density at radius 2 is 1.04 bits per heavy atom. The fourth-order valence-electron chi connectivity index (χ4n) is 3.07. The van der Waals surface area contributed by atoms with Crippen molar-refractivity contribution in [1.29, 1.82) is 0 Å². The van der Waals surface area contributed by atoms with Gasteiger partial charge in [-0.2, -0.15) is 0 Å². The van der Waals surface area contributed by atoms with Crippen LogP contribution < -0.4 is 0 Å². The molecule has 0 bridgehead atoms. The number of phenolic OH excluding ortho intramolecular Hbond substituents is 2. The summed E-state index contributed by atoms with van der Waals surface area (Å²) in [4.78, 5) is 0. The zero-order chi connectivity index (χ0) is 17.4. The van der Waals surface area contributed by atoms with Gasteiger partial charge in [-0.25, -0.2) is 0 Å². The summed E-state index contributed by atoms with van der Waals surface area (Å²) in [5.74, 6) is 0.463. The van der Waals surface area contributed by atoms with Crippen LogP contribution in [0.3, 0.4) is 0 Å². The lowest BCUT2D eigenvalue weighted by Gasteiger charge is -2.12. The number of hydrogen-bond acceptors (Lipinski definition) is 2. The number of rotatable bonds is 9. The molecule has 0 aliphatic rings. The van der Waals surface area contributed by atoms with Gasteiger partial charge in [0.1, 0.15) is 11.5 Å². The van der Waals surface area contributed by atoms with Crippen LogP contribution in [-0.4, -0.2) is 10.2 Å². The van der Waals surface area contributed by atoms with E-state index in [-0.39, 0.29) is 11.5 Å². The molecule has 0 atom stereocenters. The second kappa shape index (κ2) is 9.36. The maximum Gasteiger partial charge on any atom is 0.123 e. The standard InChI is InChI=1S/C22H30O2/c1-3-5-7-9-17-11-13-21(23)19(15-17)20-16-18(10-8-6-4-2)12-14-22(20)24/h11-16,23-24H,3-10H2,1-2H3. The van der Waals surface area contributed by atoms with Gasteiger partial charge in [0.15, 0.2) is 0 Å². The number of hydrogen-bond donors (Lipinski definition) is 2. The fourth-order valence-corrected chi connectivity index (χ4v) is 3.07. The van der Waals surface area contributed by atoms with Gasteiger partial charge in [0, 0.05) is 11.1 Å². The maximum atomic E-state index is 10.3. The minimum atomic E-state index is 0.232. The monoisotopic (exact) mass is 326 g/mol. The summed E-state index contributed by atoms with van der Waals surface area (Å²) in [7, 11) is 0. The molecule has 2 aromatic carbocycles. The Kier molecular flexibility index (Phi) is 7.17. The van der Waals surface area contributed by atoms with Crippen molar-refractivity contribution in [2.75, 3.05) is 0 Å². The van der Waals surface area contributed by atoms with E-state index >= 15 is 0 Å². The minimum absolute atomic E-state index is 0.232. The molecule has 0 fully saturated rings. The molecular weight excluding hydrogens is 296 g/mol. The smallest absolute Gasteiger partial charge is 0.123 e. The van der Waals surface area contributed by atoms with Crippen molar-refractivity contribution in [3.05, 3.63) is 47.5 Å². The molecule has 2 aromatic rings. The van der Waals surface area contributed by atoms with Crippen LogP contribution in [0.25, 0.3) is 11.1 Å². The van der Waals surface area contributed by atoms with Gasteiger partial charge in [-0.05, 0) is 61.1 Å². The lowest BCUT2D eigenvalue weighted by Crippen LogP contribution is -1.91. The van der Waals surface area contributed by atoms with Crippen LogP contribution in [0.4, 0.5) is 0 Å². The lowest BCUT2D eigenvalue weighted by molar-refractivity contribution is 0.468. The molecule has 0 radical (unpaired) electrons. The summed E-state index contributed by atoms with van der Waals surface area (Å²) in [6.45, 7) is 4.40. The van der Waals surface area contributed by atoms with Gasteiger partial charge in [0.25, 0.3) is 0 Å². The second-order valence-corrected chi connectivity index (χ2v) is 6.62. The topological polar surface area (TPSA) is 40.5 Å². The number of unbranched alkanes of at least 4 members (excludes halogenated alkanes) is 4. The quantitative estimate of drug-likeness (QED) is 0.536. The summed E-state index contributed by atoms with van der Waals surface area (Å²) < 4.78 is 0. The van der Waals surface area contributed by atoms with E-state index in [1.54, 1.807) is 12.1 Å². The molecule has 2 nitrogen and oxygen atoms in total. The highest BCUT2D eigenvalue weighted by Gasteiger charge is 2.11. The molecule has 0 unspecified atom stereocenters. The number of aromatic hydroxyl groups is 2. The fraction of sp³-hybridized carbons (Fsp3) is 0.455. The van der Waals surface area contributed by atoms with Crippen LogP contribution in [0, 0.1) is 0 Å². The van der Waals surface area contributed by atoms with Crippen molar-refractivity contribution < 1.29 is 10.2 Å². The first kappa shape index (κ1) is 18.4. The average Bonchev–Trinajstić information content (AvgIpc) is 2.58. The van der Waals surface area contributed by atoms with E-state index < -0.39 is 0 Å². The first-order valence-corrected chi connectivity index (χ1v) is 9.29. The average molecular weight is 326 g/mol. The minimum Gasteiger partial charge on any atom is -0.507 e. The van der Waals surface area contributed by atoms with Crippen molar-refractivity contribution in [3.63, 3.8) is 0 Å². The number of benzene rings is 2. The van der Waals surface area contributed by atoms with Crippen molar-refractivity contribution in [1.82, 2.24) is 0 Å². The third-order valence-corrected chi connectivity index (χ3v) is 4.55. The predicted octanol–water partition coefficient (Wildman–Crippen LogP) is 6.23. The Labute approximate surface area is 146 Å². The summed E-state index contributed by atoms with van der Waals surface area (Å²) in [5, 5.41) is 20.6. The number of phenols is 2. The van der Waals surface area contributed by atoms with E-state index in [1.807, 2.05) is 24.3 Å². The molecule has 0 spiro atoms. The van der Waals surface area contributed by atoms with E-state index in [9.17, 15) is 10.2 Å². The predicted molar refractivity (Wildman–Crippen MR) is 102 cm³/mol. The zero-order valence-corrected chi connectivity index (χ0v) is 15.0. The first-order valence-electron chi connectivity index (χ1n) is 9.29. The normalized spacial score (nSPS) is 10.9. The first-order chi connectivity index (χ1) is 11.7. The zero-order valence-electron chi connectivity index (χ0n) is 15.0. The molecule has 130 valence electrons. The third-order valence-electron chi connectivity index (χ3n) is 4.55. The summed E-state index contributed by atoms with van der Waals surface area (Å²) in [5.41, 5.74) is 3.90. The van der Waals surface area contributed by atoms with E-state index in [0.29, 0.717) is 0 Å². The summed E-state index contributed by atoms with van der Waals surface area (Å²) in [6, 6.07) is 11.5. The molecule has 2 heteroatoms. The third kappa shape index (κ3) is 5.02. The highest BCUT2D eigenvalue weighted by molar-refractivity contribution is 5.76. The molecule has 0 aromatic heterocycles. The maximum absolute atomic E-state index is 10.3. The summed E-state index contributed by atoms with van der Waals surface area (Å²) >= 11 is 0. The van der Waals surface area contributed by atoms with Gasteiger partial charge in [-0.15, -0.1) is 0 Å². The van der Waals surface area contributed by atoms with Crippen LogP contribution in [-0.2, 0) is 12.8 Å². The van der Waals surface area contributed by atoms with E-state index in [2.05, 4.69) is 13.8 Å². The second-order valence-electron chi connectivity index (χ2n) is 6.62. The van der Waals surface area contributed by atoms with Crippen LogP contribution in [0.5, 0.6) is 11.5 Å². The molecule has 2 rings (SSSR count). The molecule has 0 aliphatic carbocycles. The molecule has 0 saturated heterocycles. The van der Waals surface area contributed by atoms with Gasteiger partial charge in [0.2, 0.25) is 0 Å². The Hall–Kier alpha value is -1.96. The largest absolute Gasteiger partial charge is 0.507 e. The van der Waals surface area contributed by atoms with Gasteiger partial charge < -0.3 is 10.2 Å². The number of aryl methyl sites for hydroxylation is 2. The van der Waals surface area contributed by atoms with Gasteiger partial charge >= 0.3 is 0 Å². The van der Waals surface area contributed by atoms with Crippen molar-refractivity contribution >= 4 is 0 Å². The van der Waals surface area contributed by atoms with Crippen molar-refractivity contribution in [2.24, 2.45) is 0 Å². The molecule has 0 saturated carbocycles. The Bertz CT molecular complexity index is 589. The molecule has 0 amide bonds. The molecule has 24 heavy (non-hydrogen) atoms. The molecule has 0 aliphatic heterocycles. The Morgan fingerprint density at radius 1 is 0.625 bits per heavy atom. The van der Waals surface area contributed by atoms with E-state index in [0.717, 1.165) is 36.8 Å². The highest BCUT2D eigenvalue weighted by Crippen LogP contribution is 2.37. The van der Waals surface area contributed by atoms with Crippen LogP contribution in [0.1, 0.15) is 63.5 Å². The van der Waals surface area contributed by atoms with Gasteiger partial charge in [-0.3, -0.25) is 0 Å². The van der Waals surface area contributed by atoms with E-state index in [1.165, 1.54) is 36.8 Å². The van der Waals surface area contributed by atoms with Crippen LogP contribution in [0.15, 0.2) is 36.4 Å². The SMILES string of the molecule is CCCCCc1ccc(O)c(-c2cc(CCCCC)ccc2O)c1. The van der Waals surface area contributed by atoms with E-state index in [4.69, 9.17) is 0 Å². The Morgan fingerprint density at radius 3 is 1.42 bits per heavy atom. The van der Waals surface area contributed by atoms with Crippen LogP contribution in [0.2, 0.25) is 0 Å². The summed E-state index contributed by atoms with van der Waals surface area (Å²) in [6.07, 6.45) is 9.17. The molecule has 0 heterocycles. The van der Waals surface area contributed by atoms with Gasteiger partial charge in [-0.1, -0.05) is 51.7 Å².